The van der Waals surface area contributed by atoms with Crippen molar-refractivity contribution in [3.05, 3.63) is 34.6 Å². The Morgan fingerprint density at radius 2 is 2.24 bits per heavy atom. The lowest BCUT2D eigenvalue weighted by molar-refractivity contribution is 0.102. The van der Waals surface area contributed by atoms with Gasteiger partial charge in [-0.1, -0.05) is 17.4 Å². The molecule has 1 aromatic carbocycles. The predicted molar refractivity (Wildman–Crippen MR) is 63.4 cm³/mol. The smallest absolute Gasteiger partial charge is 0.286 e. The lowest BCUT2D eigenvalue weighted by Crippen LogP contribution is -2.11. The molecule has 0 aliphatic heterocycles. The summed E-state index contributed by atoms with van der Waals surface area (Å²) in [5.41, 5.74) is 6.24. The van der Waals surface area contributed by atoms with E-state index in [0.29, 0.717) is 11.3 Å². The molecule has 0 bridgehead atoms. The van der Waals surface area contributed by atoms with Gasteiger partial charge in [0.2, 0.25) is 10.1 Å². The summed E-state index contributed by atoms with van der Waals surface area (Å²) >= 11 is 0.972. The van der Waals surface area contributed by atoms with Crippen LogP contribution in [0.4, 0.5) is 15.2 Å². The van der Waals surface area contributed by atoms with Crippen LogP contribution in [0.2, 0.25) is 0 Å². The number of hydrogen-bond acceptors (Lipinski definition) is 5. The monoisotopic (exact) mass is 252 g/mol. The maximum absolute atomic E-state index is 13.2. The van der Waals surface area contributed by atoms with E-state index in [9.17, 15) is 9.18 Å². The van der Waals surface area contributed by atoms with E-state index in [-0.39, 0.29) is 16.0 Å². The molecule has 17 heavy (non-hydrogen) atoms. The summed E-state index contributed by atoms with van der Waals surface area (Å²) in [5.74, 6) is -0.831. The number of anilines is 2. The van der Waals surface area contributed by atoms with Gasteiger partial charge in [0.05, 0.1) is 0 Å². The number of nitrogen functional groups attached to an aromatic ring is 1. The first kappa shape index (κ1) is 11.5. The molecule has 0 aliphatic carbocycles. The number of carbonyl (C=O) groups excluding carboxylic acids is 1. The zero-order valence-corrected chi connectivity index (χ0v) is 9.71. The van der Waals surface area contributed by atoms with Crippen LogP contribution in [-0.4, -0.2) is 16.1 Å². The van der Waals surface area contributed by atoms with Crippen LogP contribution >= 0.6 is 11.3 Å². The van der Waals surface area contributed by atoms with E-state index < -0.39 is 5.91 Å². The topological polar surface area (TPSA) is 80.9 Å². The third-order valence-electron chi connectivity index (χ3n) is 2.06. The molecule has 0 unspecified atom stereocenters. The fraction of sp³-hybridized carbons (Fsp3) is 0.100. The van der Waals surface area contributed by atoms with Gasteiger partial charge in [-0.15, -0.1) is 10.2 Å². The van der Waals surface area contributed by atoms with Gasteiger partial charge in [-0.05, 0) is 24.6 Å². The molecule has 5 nitrogen and oxygen atoms in total. The Kier molecular flexibility index (Phi) is 3.01. The van der Waals surface area contributed by atoms with Crippen LogP contribution in [0.25, 0.3) is 0 Å². The molecule has 7 heteroatoms. The highest BCUT2D eigenvalue weighted by Gasteiger charge is 2.12. The minimum Gasteiger partial charge on any atom is -0.374 e. The number of rotatable bonds is 2. The minimum absolute atomic E-state index is 0.142. The molecule has 0 fully saturated rings. The minimum atomic E-state index is -0.456. The third kappa shape index (κ3) is 2.56. The molecule has 1 heterocycles. The molecule has 2 rings (SSSR count). The molecule has 0 saturated carbocycles. The van der Waals surface area contributed by atoms with Gasteiger partial charge in [0.25, 0.3) is 5.91 Å². The number of carbonyl (C=O) groups is 1. The molecule has 1 aromatic heterocycles. The van der Waals surface area contributed by atoms with Crippen molar-refractivity contribution in [3.8, 4) is 0 Å². The molecule has 88 valence electrons. The molecule has 0 radical (unpaired) electrons. The van der Waals surface area contributed by atoms with Gasteiger partial charge < -0.3 is 11.1 Å². The normalized spacial score (nSPS) is 10.2. The van der Waals surface area contributed by atoms with Crippen molar-refractivity contribution in [1.29, 1.82) is 0 Å². The Balaban J connectivity index is 2.15. The second kappa shape index (κ2) is 4.46. The number of amides is 1. The maximum atomic E-state index is 13.2. The number of aromatic nitrogens is 2. The number of nitrogens with one attached hydrogen (secondary N) is 1. The highest BCUT2D eigenvalue weighted by atomic mass is 32.1. The summed E-state index contributed by atoms with van der Waals surface area (Å²) in [7, 11) is 0. The Morgan fingerprint density at radius 3 is 2.82 bits per heavy atom. The molecule has 3 N–H and O–H groups in total. The first-order valence-corrected chi connectivity index (χ1v) is 5.54. The Hall–Kier alpha value is -2.02. The van der Waals surface area contributed by atoms with E-state index >= 15 is 0 Å². The highest BCUT2D eigenvalue weighted by Crippen LogP contribution is 2.16. The standard InChI is InChI=1S/C10H9FN4OS/c1-5-2-3-6(4-7(5)11)13-8(16)9-14-15-10(12)17-9/h2-4H,1H3,(H2,12,15)(H,13,16). The van der Waals surface area contributed by atoms with Gasteiger partial charge in [-0.3, -0.25) is 4.79 Å². The zero-order valence-electron chi connectivity index (χ0n) is 8.90. The average molecular weight is 252 g/mol. The maximum Gasteiger partial charge on any atom is 0.286 e. The third-order valence-corrected chi connectivity index (χ3v) is 2.82. The molecule has 0 saturated heterocycles. The van der Waals surface area contributed by atoms with E-state index in [4.69, 9.17) is 5.73 Å². The van der Waals surface area contributed by atoms with Crippen LogP contribution in [0.1, 0.15) is 15.4 Å². The number of benzene rings is 1. The van der Waals surface area contributed by atoms with Gasteiger partial charge >= 0.3 is 0 Å². The predicted octanol–water partition coefficient (Wildman–Crippen LogP) is 1.82. The van der Waals surface area contributed by atoms with Crippen molar-refractivity contribution < 1.29 is 9.18 Å². The summed E-state index contributed by atoms with van der Waals surface area (Å²) in [6.45, 7) is 1.65. The number of hydrogen-bond donors (Lipinski definition) is 2. The van der Waals surface area contributed by atoms with Gasteiger partial charge in [-0.2, -0.15) is 0 Å². The second-order valence-electron chi connectivity index (χ2n) is 3.36. The van der Waals surface area contributed by atoms with Crippen molar-refractivity contribution in [2.75, 3.05) is 11.1 Å². The molecular formula is C10H9FN4OS. The lowest BCUT2D eigenvalue weighted by Gasteiger charge is -2.03. The van der Waals surface area contributed by atoms with Crippen LogP contribution in [0.15, 0.2) is 18.2 Å². The lowest BCUT2D eigenvalue weighted by atomic mass is 10.2. The summed E-state index contributed by atoms with van der Waals surface area (Å²) in [4.78, 5) is 11.6. The van der Waals surface area contributed by atoms with E-state index in [1.54, 1.807) is 19.1 Å². The zero-order chi connectivity index (χ0) is 12.4. The van der Waals surface area contributed by atoms with Gasteiger partial charge in [0.1, 0.15) is 5.82 Å². The van der Waals surface area contributed by atoms with Crippen LogP contribution in [0.3, 0.4) is 0 Å². The average Bonchev–Trinajstić information content (AvgIpc) is 2.70. The summed E-state index contributed by atoms with van der Waals surface area (Å²) in [6, 6.07) is 4.44. The van der Waals surface area contributed by atoms with Crippen molar-refractivity contribution >= 4 is 28.1 Å². The largest absolute Gasteiger partial charge is 0.374 e. The number of nitrogens with two attached hydrogens (primary N) is 1. The molecule has 0 spiro atoms. The Morgan fingerprint density at radius 1 is 1.47 bits per heavy atom. The Labute approximate surface area is 100 Å². The summed E-state index contributed by atoms with van der Waals surface area (Å²) in [5, 5.41) is 9.98. The number of halogens is 1. The second-order valence-corrected chi connectivity index (χ2v) is 4.37. The van der Waals surface area contributed by atoms with Crippen molar-refractivity contribution in [3.63, 3.8) is 0 Å². The molecule has 0 aliphatic rings. The molecular weight excluding hydrogens is 243 g/mol. The molecule has 1 amide bonds. The SMILES string of the molecule is Cc1ccc(NC(=O)c2nnc(N)s2)cc1F. The van der Waals surface area contributed by atoms with Crippen molar-refractivity contribution in [2.45, 2.75) is 6.92 Å². The summed E-state index contributed by atoms with van der Waals surface area (Å²) in [6.07, 6.45) is 0. The van der Waals surface area contributed by atoms with Crippen LogP contribution < -0.4 is 11.1 Å². The van der Waals surface area contributed by atoms with Gasteiger partial charge in [0.15, 0.2) is 0 Å². The van der Waals surface area contributed by atoms with Crippen LogP contribution in [0, 0.1) is 12.7 Å². The van der Waals surface area contributed by atoms with E-state index in [2.05, 4.69) is 15.5 Å². The van der Waals surface area contributed by atoms with Crippen molar-refractivity contribution in [2.24, 2.45) is 0 Å². The number of aryl methyl sites for hydroxylation is 1. The van der Waals surface area contributed by atoms with Crippen LogP contribution in [-0.2, 0) is 0 Å². The first-order chi connectivity index (χ1) is 8.06. The van der Waals surface area contributed by atoms with E-state index in [1.165, 1.54) is 6.07 Å². The fourth-order valence-corrected chi connectivity index (χ4v) is 1.69. The molecule has 0 atom stereocenters. The fourth-order valence-electron chi connectivity index (χ4n) is 1.18. The van der Waals surface area contributed by atoms with Gasteiger partial charge in [0, 0.05) is 5.69 Å². The molecule has 2 aromatic rings. The highest BCUT2D eigenvalue weighted by molar-refractivity contribution is 7.16. The van der Waals surface area contributed by atoms with E-state index in [0.717, 1.165) is 11.3 Å². The first-order valence-electron chi connectivity index (χ1n) is 4.73. The van der Waals surface area contributed by atoms with Gasteiger partial charge in [-0.25, -0.2) is 4.39 Å². The van der Waals surface area contributed by atoms with Crippen molar-refractivity contribution in [1.82, 2.24) is 10.2 Å². The quantitative estimate of drug-likeness (QED) is 0.854. The number of nitrogens with zero attached hydrogens (tertiary/aromatic N) is 2. The summed E-state index contributed by atoms with van der Waals surface area (Å²) < 4.78 is 13.2. The van der Waals surface area contributed by atoms with Crippen LogP contribution in [0.5, 0.6) is 0 Å². The van der Waals surface area contributed by atoms with E-state index in [1.807, 2.05) is 0 Å². The Bertz CT molecular complexity index is 569.